The minimum Gasteiger partial charge on any atom is -0.508 e. The van der Waals surface area contributed by atoms with E-state index in [9.17, 15) is 9.90 Å². The average Bonchev–Trinajstić information content (AvgIpc) is 3.02. The first-order chi connectivity index (χ1) is 12.6. The highest BCUT2D eigenvalue weighted by Gasteiger charge is 2.36. The zero-order chi connectivity index (χ0) is 18.1. The molecule has 2 aromatic rings. The van der Waals surface area contributed by atoms with E-state index < -0.39 is 0 Å². The van der Waals surface area contributed by atoms with Crippen LogP contribution in [0.15, 0.2) is 51.9 Å². The van der Waals surface area contributed by atoms with Gasteiger partial charge in [0, 0.05) is 24.0 Å². The van der Waals surface area contributed by atoms with Crippen LogP contribution in [0, 0.1) is 0 Å². The summed E-state index contributed by atoms with van der Waals surface area (Å²) in [5.74, 6) is 1.31. The number of nitrogens with one attached hydrogen (secondary N) is 1. The van der Waals surface area contributed by atoms with Crippen molar-refractivity contribution in [2.45, 2.75) is 31.8 Å². The first-order valence-corrected chi connectivity index (χ1v) is 9.58. The Morgan fingerprint density at radius 3 is 3.04 bits per heavy atom. The predicted octanol–water partition coefficient (Wildman–Crippen LogP) is 3.52. The van der Waals surface area contributed by atoms with E-state index in [4.69, 9.17) is 4.99 Å². The van der Waals surface area contributed by atoms with Gasteiger partial charge in [0.2, 0.25) is 5.91 Å². The van der Waals surface area contributed by atoms with Crippen molar-refractivity contribution in [1.82, 2.24) is 10.2 Å². The Morgan fingerprint density at radius 2 is 2.19 bits per heavy atom. The van der Waals surface area contributed by atoms with E-state index in [1.807, 2.05) is 24.3 Å². The first kappa shape index (κ1) is 17.1. The van der Waals surface area contributed by atoms with Gasteiger partial charge in [0.05, 0.1) is 5.69 Å². The largest absolute Gasteiger partial charge is 0.508 e. The third-order valence-corrected chi connectivity index (χ3v) is 5.40. The second-order valence-corrected chi connectivity index (χ2v) is 7.61. The van der Waals surface area contributed by atoms with Gasteiger partial charge in [-0.05, 0) is 54.3 Å². The lowest BCUT2D eigenvalue weighted by atomic mass is 10.1. The second kappa shape index (κ2) is 7.11. The van der Waals surface area contributed by atoms with Crippen molar-refractivity contribution >= 4 is 33.4 Å². The highest BCUT2D eigenvalue weighted by Crippen LogP contribution is 2.34. The summed E-state index contributed by atoms with van der Waals surface area (Å²) < 4.78 is 1.03. The highest BCUT2D eigenvalue weighted by atomic mass is 79.9. The van der Waals surface area contributed by atoms with Gasteiger partial charge in [-0.3, -0.25) is 4.79 Å². The number of carbonyl (C=O) groups is 1. The van der Waals surface area contributed by atoms with Gasteiger partial charge in [-0.2, -0.15) is 0 Å². The van der Waals surface area contributed by atoms with E-state index in [2.05, 4.69) is 32.2 Å². The van der Waals surface area contributed by atoms with Gasteiger partial charge in [0.1, 0.15) is 17.6 Å². The first-order valence-electron chi connectivity index (χ1n) is 8.78. The maximum atomic E-state index is 12.7. The zero-order valence-electron chi connectivity index (χ0n) is 14.3. The van der Waals surface area contributed by atoms with Crippen LogP contribution in [0.1, 0.15) is 24.0 Å². The molecule has 0 aromatic heterocycles. The van der Waals surface area contributed by atoms with Crippen molar-refractivity contribution in [1.29, 1.82) is 0 Å². The van der Waals surface area contributed by atoms with E-state index in [0.717, 1.165) is 46.5 Å². The number of nitrogens with zero attached hydrogens (tertiary/aromatic N) is 2. The molecule has 2 heterocycles. The van der Waals surface area contributed by atoms with Crippen LogP contribution in [0.3, 0.4) is 0 Å². The molecule has 0 unspecified atom stereocenters. The van der Waals surface area contributed by atoms with E-state index in [0.29, 0.717) is 13.0 Å². The molecule has 4 rings (SSSR count). The van der Waals surface area contributed by atoms with Crippen LogP contribution < -0.4 is 5.32 Å². The quantitative estimate of drug-likeness (QED) is 0.805. The minimum atomic E-state index is -0.162. The lowest BCUT2D eigenvalue weighted by Crippen LogP contribution is -2.45. The molecule has 0 saturated carbocycles. The van der Waals surface area contributed by atoms with Gasteiger partial charge in [-0.25, -0.2) is 4.99 Å². The van der Waals surface area contributed by atoms with Gasteiger partial charge in [0.25, 0.3) is 0 Å². The topological polar surface area (TPSA) is 64.9 Å². The Balaban J connectivity index is 1.39. The van der Waals surface area contributed by atoms with Crippen molar-refractivity contribution in [3.05, 3.63) is 58.1 Å². The van der Waals surface area contributed by atoms with E-state index in [-0.39, 0.29) is 17.7 Å². The average molecular weight is 414 g/mol. The molecule has 134 valence electrons. The number of halogens is 1. The Hall–Kier alpha value is -2.34. The molecule has 2 aliphatic heterocycles. The number of hydrogen-bond donors (Lipinski definition) is 2. The number of amidine groups is 1. The lowest BCUT2D eigenvalue weighted by molar-refractivity contribution is -0.124. The van der Waals surface area contributed by atoms with Crippen molar-refractivity contribution < 1.29 is 9.90 Å². The molecule has 2 aliphatic rings. The predicted molar refractivity (Wildman–Crippen MR) is 105 cm³/mol. The van der Waals surface area contributed by atoms with Gasteiger partial charge in [0.15, 0.2) is 0 Å². The maximum Gasteiger partial charge on any atom is 0.242 e. The number of phenolic OH excluding ortho intramolecular Hbond substituents is 1. The normalized spacial score (nSPS) is 18.1. The summed E-state index contributed by atoms with van der Waals surface area (Å²) in [4.78, 5) is 19.5. The Labute approximate surface area is 160 Å². The van der Waals surface area contributed by atoms with E-state index >= 15 is 0 Å². The van der Waals surface area contributed by atoms with Crippen LogP contribution in [0.25, 0.3) is 0 Å². The van der Waals surface area contributed by atoms with Crippen LogP contribution in [-0.2, 0) is 17.8 Å². The number of aliphatic imine (C=N–C) groups is 1. The fourth-order valence-corrected chi connectivity index (χ4v) is 4.02. The molecule has 0 radical (unpaired) electrons. The molecule has 2 aromatic carbocycles. The van der Waals surface area contributed by atoms with E-state index in [1.54, 1.807) is 12.1 Å². The Morgan fingerprint density at radius 1 is 1.31 bits per heavy atom. The van der Waals surface area contributed by atoms with Crippen LogP contribution in [0.5, 0.6) is 5.75 Å². The summed E-state index contributed by atoms with van der Waals surface area (Å²) in [6.07, 6.45) is 2.33. The summed E-state index contributed by atoms with van der Waals surface area (Å²) in [7, 11) is 0. The smallest absolute Gasteiger partial charge is 0.242 e. The molecule has 1 atom stereocenters. The summed E-state index contributed by atoms with van der Waals surface area (Å²) >= 11 is 3.50. The number of phenols is 1. The van der Waals surface area contributed by atoms with Crippen molar-refractivity contribution in [2.24, 2.45) is 4.99 Å². The number of aromatic hydroxyl groups is 1. The molecular weight excluding hydrogens is 394 g/mol. The summed E-state index contributed by atoms with van der Waals surface area (Å²) in [5, 5.41) is 12.5. The number of benzene rings is 2. The summed E-state index contributed by atoms with van der Waals surface area (Å²) in [5.41, 5.74) is 3.16. The van der Waals surface area contributed by atoms with Gasteiger partial charge >= 0.3 is 0 Å². The molecule has 2 N–H and O–H groups in total. The summed E-state index contributed by atoms with van der Waals surface area (Å²) in [6.45, 7) is 1.28. The monoisotopic (exact) mass is 413 g/mol. The third-order valence-electron chi connectivity index (χ3n) is 4.91. The summed E-state index contributed by atoms with van der Waals surface area (Å²) in [6, 6.07) is 13.1. The molecule has 5 nitrogen and oxygen atoms in total. The number of fused-ring (bicyclic) bond motifs is 2. The molecule has 1 fully saturated rings. The maximum absolute atomic E-state index is 12.7. The highest BCUT2D eigenvalue weighted by molar-refractivity contribution is 9.10. The molecule has 26 heavy (non-hydrogen) atoms. The van der Waals surface area contributed by atoms with Crippen molar-refractivity contribution in [3.63, 3.8) is 0 Å². The van der Waals surface area contributed by atoms with Crippen molar-refractivity contribution in [3.8, 4) is 5.75 Å². The molecule has 0 spiro atoms. The number of amides is 1. The molecule has 1 saturated heterocycles. The van der Waals surface area contributed by atoms with Gasteiger partial charge in [-0.15, -0.1) is 0 Å². The molecule has 0 aliphatic carbocycles. The standard InChI is InChI=1S/C20H20BrN3O2/c21-15-4-5-17-14(11-15)12-24-18(6-7-19(24)23-17)20(26)22-9-8-13-2-1-3-16(25)10-13/h1-5,10-11,18,25H,6-9,12H2,(H,22,26)/t18-/m0/s1. The van der Waals surface area contributed by atoms with Crippen LogP contribution in [0.2, 0.25) is 0 Å². The van der Waals surface area contributed by atoms with E-state index in [1.165, 1.54) is 0 Å². The lowest BCUT2D eigenvalue weighted by Gasteiger charge is -2.30. The van der Waals surface area contributed by atoms with Crippen LogP contribution in [0.4, 0.5) is 5.69 Å². The molecular formula is C20H20BrN3O2. The zero-order valence-corrected chi connectivity index (χ0v) is 15.9. The van der Waals surface area contributed by atoms with Crippen molar-refractivity contribution in [2.75, 3.05) is 6.54 Å². The fourth-order valence-electron chi connectivity index (χ4n) is 3.61. The van der Waals surface area contributed by atoms with Gasteiger partial charge in [-0.1, -0.05) is 28.1 Å². The Bertz CT molecular complexity index is 881. The fraction of sp³-hybridized carbons (Fsp3) is 0.300. The molecule has 6 heteroatoms. The number of rotatable bonds is 4. The third kappa shape index (κ3) is 3.46. The van der Waals surface area contributed by atoms with Crippen LogP contribution in [-0.4, -0.2) is 34.3 Å². The van der Waals surface area contributed by atoms with Crippen LogP contribution >= 0.6 is 15.9 Å². The molecule has 0 bridgehead atoms. The SMILES string of the molecule is O=C(NCCc1cccc(O)c1)[C@@H]1CCC2=Nc3ccc(Br)cc3CN21. The number of hydrogen-bond acceptors (Lipinski definition) is 4. The number of carbonyl (C=O) groups excluding carboxylic acids is 1. The second-order valence-electron chi connectivity index (χ2n) is 6.69. The minimum absolute atomic E-state index is 0.0498. The van der Waals surface area contributed by atoms with Gasteiger partial charge < -0.3 is 15.3 Å². The molecule has 1 amide bonds. The Kier molecular flexibility index (Phi) is 4.68.